The Labute approximate surface area is 164 Å². The van der Waals surface area contributed by atoms with Gasteiger partial charge in [0.2, 0.25) is 0 Å². The largest absolute Gasteiger partial charge is 0.450 e. The van der Waals surface area contributed by atoms with Gasteiger partial charge in [0.25, 0.3) is 0 Å². The van der Waals surface area contributed by atoms with Gasteiger partial charge in [-0.15, -0.1) is 0 Å². The first kappa shape index (κ1) is 19.1. The van der Waals surface area contributed by atoms with Gasteiger partial charge in [0.15, 0.2) is 21.4 Å². The summed E-state index contributed by atoms with van der Waals surface area (Å²) in [4.78, 5) is 10.4. The van der Waals surface area contributed by atoms with E-state index in [1.54, 1.807) is 13.8 Å². The Morgan fingerprint density at radius 3 is 2.64 bits per heavy atom. The first-order valence-corrected chi connectivity index (χ1v) is 11.2. The number of anilines is 1. The highest BCUT2D eigenvalue weighted by Gasteiger charge is 2.48. The summed E-state index contributed by atoms with van der Waals surface area (Å²) in [5, 5.41) is 0. The number of rotatable bonds is 6. The Bertz CT molecular complexity index is 982. The molecular weight excluding hydrogens is 381 g/mol. The standard InChI is InChI=1S/C20H24FN3O3S/c1-14(2)10-28(25,26)18-8-15(21)4-5-16(18)27-17-9-22-13-23-19(17)24-11-20(12-24)6-3-7-20/h4-5,8-9,13-14H,3,6-7,10-12H2,1-2H3. The lowest BCUT2D eigenvalue weighted by Crippen LogP contribution is -2.60. The van der Waals surface area contributed by atoms with Crippen LogP contribution in [0.3, 0.4) is 0 Å². The summed E-state index contributed by atoms with van der Waals surface area (Å²) in [7, 11) is -3.69. The van der Waals surface area contributed by atoms with Crippen LogP contribution in [0, 0.1) is 17.2 Å². The van der Waals surface area contributed by atoms with Gasteiger partial charge in [0.1, 0.15) is 22.8 Å². The Hall–Kier alpha value is -2.22. The summed E-state index contributed by atoms with van der Waals surface area (Å²) in [6, 6.07) is 3.56. The van der Waals surface area contributed by atoms with Crippen molar-refractivity contribution < 1.29 is 17.5 Å². The second kappa shape index (κ2) is 6.99. The Morgan fingerprint density at radius 1 is 1.25 bits per heavy atom. The van der Waals surface area contributed by atoms with Crippen LogP contribution in [0.2, 0.25) is 0 Å². The monoisotopic (exact) mass is 405 g/mol. The fraction of sp³-hybridized carbons (Fsp3) is 0.500. The van der Waals surface area contributed by atoms with E-state index in [0.29, 0.717) is 17.0 Å². The van der Waals surface area contributed by atoms with Crippen molar-refractivity contribution in [1.82, 2.24) is 9.97 Å². The fourth-order valence-corrected chi connectivity index (χ4v) is 5.75. The van der Waals surface area contributed by atoms with E-state index in [9.17, 15) is 12.8 Å². The molecular formula is C20H24FN3O3S. The van der Waals surface area contributed by atoms with Gasteiger partial charge in [-0.05, 0) is 37.0 Å². The molecule has 1 aliphatic heterocycles. The average molecular weight is 405 g/mol. The highest BCUT2D eigenvalue weighted by atomic mass is 32.2. The van der Waals surface area contributed by atoms with E-state index < -0.39 is 15.7 Å². The highest BCUT2D eigenvalue weighted by Crippen LogP contribution is 2.50. The zero-order valence-electron chi connectivity index (χ0n) is 16.1. The van der Waals surface area contributed by atoms with E-state index >= 15 is 0 Å². The van der Waals surface area contributed by atoms with Crippen molar-refractivity contribution in [2.75, 3.05) is 23.7 Å². The van der Waals surface area contributed by atoms with E-state index in [0.717, 1.165) is 19.2 Å². The molecule has 6 nitrogen and oxygen atoms in total. The molecule has 1 aromatic carbocycles. The number of aromatic nitrogens is 2. The Kier molecular flexibility index (Phi) is 4.77. The predicted molar refractivity (Wildman–Crippen MR) is 104 cm³/mol. The molecule has 28 heavy (non-hydrogen) atoms. The number of hydrogen-bond donors (Lipinski definition) is 0. The van der Waals surface area contributed by atoms with Crippen LogP contribution in [-0.4, -0.2) is 37.2 Å². The van der Waals surface area contributed by atoms with Crippen LogP contribution in [0.15, 0.2) is 35.6 Å². The zero-order chi connectivity index (χ0) is 19.9. The van der Waals surface area contributed by atoms with Gasteiger partial charge in [0.05, 0.1) is 11.9 Å². The smallest absolute Gasteiger partial charge is 0.188 e. The SMILES string of the molecule is CC(C)CS(=O)(=O)c1cc(F)ccc1Oc1cncnc1N1CC2(CCC2)C1. The molecule has 0 bridgehead atoms. The summed E-state index contributed by atoms with van der Waals surface area (Å²) in [6.45, 7) is 5.45. The van der Waals surface area contributed by atoms with Gasteiger partial charge in [-0.3, -0.25) is 0 Å². The molecule has 1 aliphatic carbocycles. The zero-order valence-corrected chi connectivity index (χ0v) is 16.9. The lowest BCUT2D eigenvalue weighted by Gasteiger charge is -2.56. The summed E-state index contributed by atoms with van der Waals surface area (Å²) in [6.07, 6.45) is 6.72. The molecule has 1 aromatic heterocycles. The van der Waals surface area contributed by atoms with Crippen LogP contribution in [0.5, 0.6) is 11.5 Å². The Morgan fingerprint density at radius 2 is 2.00 bits per heavy atom. The number of ether oxygens (including phenoxy) is 1. The quantitative estimate of drug-likeness (QED) is 0.727. The molecule has 1 saturated heterocycles. The van der Waals surface area contributed by atoms with E-state index in [1.165, 1.54) is 43.9 Å². The molecule has 2 fully saturated rings. The van der Waals surface area contributed by atoms with Gasteiger partial charge in [0, 0.05) is 18.5 Å². The van der Waals surface area contributed by atoms with E-state index in [2.05, 4.69) is 14.9 Å². The van der Waals surface area contributed by atoms with Gasteiger partial charge >= 0.3 is 0 Å². The molecule has 0 atom stereocenters. The van der Waals surface area contributed by atoms with Crippen molar-refractivity contribution in [2.45, 2.75) is 38.0 Å². The third-order valence-electron chi connectivity index (χ3n) is 5.44. The molecule has 150 valence electrons. The summed E-state index contributed by atoms with van der Waals surface area (Å²) >= 11 is 0. The maximum atomic E-state index is 13.8. The average Bonchev–Trinajstić information content (AvgIpc) is 2.54. The molecule has 8 heteroatoms. The predicted octanol–water partition coefficient (Wildman–Crippen LogP) is 3.83. The van der Waals surface area contributed by atoms with Crippen LogP contribution in [0.4, 0.5) is 10.2 Å². The van der Waals surface area contributed by atoms with Crippen LogP contribution < -0.4 is 9.64 Å². The molecule has 0 N–H and O–H groups in total. The normalized spacial score (nSPS) is 18.1. The minimum Gasteiger partial charge on any atom is -0.450 e. The van der Waals surface area contributed by atoms with Crippen molar-refractivity contribution in [1.29, 1.82) is 0 Å². The lowest BCUT2D eigenvalue weighted by atomic mass is 9.63. The molecule has 0 unspecified atom stereocenters. The molecule has 2 heterocycles. The maximum absolute atomic E-state index is 13.8. The van der Waals surface area contributed by atoms with Crippen LogP contribution in [-0.2, 0) is 9.84 Å². The summed E-state index contributed by atoms with van der Waals surface area (Å²) in [5.74, 6) is 0.329. The third kappa shape index (κ3) is 3.57. The summed E-state index contributed by atoms with van der Waals surface area (Å²) < 4.78 is 45.2. The van der Waals surface area contributed by atoms with Crippen molar-refractivity contribution in [3.05, 3.63) is 36.5 Å². The number of benzene rings is 1. The molecule has 2 aromatic rings. The molecule has 1 spiro atoms. The van der Waals surface area contributed by atoms with Crippen LogP contribution >= 0.6 is 0 Å². The number of hydrogen-bond acceptors (Lipinski definition) is 6. The molecule has 2 aliphatic rings. The first-order valence-electron chi connectivity index (χ1n) is 9.53. The summed E-state index contributed by atoms with van der Waals surface area (Å²) in [5.41, 5.74) is 0.407. The van der Waals surface area contributed by atoms with Crippen molar-refractivity contribution in [3.8, 4) is 11.5 Å². The van der Waals surface area contributed by atoms with Crippen LogP contribution in [0.1, 0.15) is 33.1 Å². The van der Waals surface area contributed by atoms with Crippen molar-refractivity contribution in [2.24, 2.45) is 11.3 Å². The molecule has 0 amide bonds. The highest BCUT2D eigenvalue weighted by molar-refractivity contribution is 7.91. The minimum absolute atomic E-state index is 0.0837. The van der Waals surface area contributed by atoms with Gasteiger partial charge in [-0.2, -0.15) is 0 Å². The Balaban J connectivity index is 1.64. The van der Waals surface area contributed by atoms with Gasteiger partial charge in [-0.1, -0.05) is 20.3 Å². The molecule has 0 radical (unpaired) electrons. The number of nitrogens with zero attached hydrogens (tertiary/aromatic N) is 3. The van der Waals surface area contributed by atoms with Crippen molar-refractivity contribution in [3.63, 3.8) is 0 Å². The second-order valence-electron chi connectivity index (χ2n) is 8.29. The number of halogens is 1. The second-order valence-corrected chi connectivity index (χ2v) is 10.3. The van der Waals surface area contributed by atoms with E-state index in [1.807, 2.05) is 0 Å². The third-order valence-corrected chi connectivity index (χ3v) is 7.53. The topological polar surface area (TPSA) is 72.4 Å². The van der Waals surface area contributed by atoms with E-state index in [-0.39, 0.29) is 22.3 Å². The van der Waals surface area contributed by atoms with Gasteiger partial charge < -0.3 is 9.64 Å². The maximum Gasteiger partial charge on any atom is 0.188 e. The fourth-order valence-electron chi connectivity index (χ4n) is 3.98. The van der Waals surface area contributed by atoms with Gasteiger partial charge in [-0.25, -0.2) is 22.8 Å². The molecule has 4 rings (SSSR count). The first-order chi connectivity index (χ1) is 13.3. The minimum atomic E-state index is -3.69. The number of sulfone groups is 1. The van der Waals surface area contributed by atoms with Crippen LogP contribution in [0.25, 0.3) is 0 Å². The molecule has 1 saturated carbocycles. The lowest BCUT2D eigenvalue weighted by molar-refractivity contribution is 0.0892. The van der Waals surface area contributed by atoms with E-state index in [4.69, 9.17) is 4.74 Å². The van der Waals surface area contributed by atoms with Crippen molar-refractivity contribution >= 4 is 15.7 Å².